The second kappa shape index (κ2) is 6.89. The molecule has 0 aromatic rings. The van der Waals surface area contributed by atoms with Gasteiger partial charge in [-0.25, -0.2) is 0 Å². The molecule has 0 amide bonds. The second-order valence-electron chi connectivity index (χ2n) is 10.7. The maximum Gasteiger partial charge on any atom is 0.103 e. The average molecular weight is 393 g/mol. The molecule has 5 saturated heterocycles. The van der Waals surface area contributed by atoms with Crippen molar-refractivity contribution >= 4 is 0 Å². The Labute approximate surface area is 171 Å². The fourth-order valence-corrected chi connectivity index (χ4v) is 7.12. The van der Waals surface area contributed by atoms with Gasteiger partial charge in [-0.1, -0.05) is 0 Å². The van der Waals surface area contributed by atoms with Crippen LogP contribution in [0.5, 0.6) is 0 Å². The summed E-state index contributed by atoms with van der Waals surface area (Å²) in [4.78, 5) is 10.5. The van der Waals surface area contributed by atoms with Gasteiger partial charge in [-0.15, -0.1) is 0 Å². The van der Waals surface area contributed by atoms with Gasteiger partial charge in [0.15, 0.2) is 0 Å². The lowest BCUT2D eigenvalue weighted by Crippen LogP contribution is -2.78. The van der Waals surface area contributed by atoms with Crippen LogP contribution in [0.25, 0.3) is 0 Å². The van der Waals surface area contributed by atoms with Crippen molar-refractivity contribution in [2.75, 3.05) is 67.0 Å². The van der Waals surface area contributed by atoms with E-state index in [4.69, 9.17) is 9.47 Å². The molecule has 6 heteroatoms. The van der Waals surface area contributed by atoms with E-state index in [0.29, 0.717) is 18.0 Å². The molecular weight excluding hydrogens is 352 g/mol. The Morgan fingerprint density at radius 3 is 2.61 bits per heavy atom. The second-order valence-corrected chi connectivity index (χ2v) is 10.7. The zero-order valence-corrected chi connectivity index (χ0v) is 18.6. The largest absolute Gasteiger partial charge is 0.372 e. The molecule has 0 saturated carbocycles. The van der Waals surface area contributed by atoms with Crippen molar-refractivity contribution in [3.8, 4) is 0 Å². The normalized spacial score (nSPS) is 48.6. The van der Waals surface area contributed by atoms with Crippen LogP contribution in [-0.4, -0.2) is 122 Å². The van der Waals surface area contributed by atoms with Gasteiger partial charge < -0.3 is 19.3 Å². The predicted molar refractivity (Wildman–Crippen MR) is 111 cm³/mol. The summed E-state index contributed by atoms with van der Waals surface area (Å²) in [5, 5.41) is 0. The smallest absolute Gasteiger partial charge is 0.103 e. The van der Waals surface area contributed by atoms with Crippen molar-refractivity contribution in [3.63, 3.8) is 0 Å². The van der Waals surface area contributed by atoms with Gasteiger partial charge in [0.05, 0.1) is 23.9 Å². The third-order valence-electron chi connectivity index (χ3n) is 8.94. The Morgan fingerprint density at radius 1 is 1.00 bits per heavy atom. The molecule has 0 N–H and O–H groups in total. The summed E-state index contributed by atoms with van der Waals surface area (Å²) in [6.45, 7) is 12.1. The number of likely N-dealkylation sites (tertiary alicyclic amines) is 2. The highest BCUT2D eigenvalue weighted by molar-refractivity contribution is 5.16. The van der Waals surface area contributed by atoms with Gasteiger partial charge >= 0.3 is 0 Å². The van der Waals surface area contributed by atoms with E-state index in [-0.39, 0.29) is 23.3 Å². The van der Waals surface area contributed by atoms with Crippen LogP contribution >= 0.6 is 0 Å². The minimum absolute atomic E-state index is 0.0263. The average Bonchev–Trinajstić information content (AvgIpc) is 2.67. The van der Waals surface area contributed by atoms with Crippen molar-refractivity contribution in [1.29, 1.82) is 0 Å². The number of piperidine rings is 2. The van der Waals surface area contributed by atoms with E-state index in [0.717, 1.165) is 45.8 Å². The van der Waals surface area contributed by atoms with Crippen LogP contribution in [0.3, 0.4) is 0 Å². The summed E-state index contributed by atoms with van der Waals surface area (Å²) in [7, 11) is 6.98. The number of ether oxygens (including phenoxy) is 2. The maximum atomic E-state index is 7.20. The Kier molecular flexibility index (Phi) is 4.85. The van der Waals surface area contributed by atoms with Crippen molar-refractivity contribution in [2.45, 2.75) is 68.5 Å². The number of hydrogen-bond acceptors (Lipinski definition) is 6. The highest BCUT2D eigenvalue weighted by Gasteiger charge is 2.62. The first-order valence-electron chi connectivity index (χ1n) is 11.5. The minimum Gasteiger partial charge on any atom is -0.372 e. The third kappa shape index (κ3) is 2.83. The zero-order chi connectivity index (χ0) is 19.7. The van der Waals surface area contributed by atoms with E-state index in [1.165, 1.54) is 19.4 Å². The number of hydrogen-bond donors (Lipinski definition) is 0. The predicted octanol–water partition coefficient (Wildman–Crippen LogP) is 0.963. The van der Waals surface area contributed by atoms with Crippen molar-refractivity contribution in [1.82, 2.24) is 19.6 Å². The molecule has 0 aromatic heterocycles. The summed E-state index contributed by atoms with van der Waals surface area (Å²) in [6.07, 6.45) is 3.95. The molecule has 5 fully saturated rings. The Morgan fingerprint density at radius 2 is 1.82 bits per heavy atom. The van der Waals surface area contributed by atoms with Crippen LogP contribution in [0.4, 0.5) is 0 Å². The van der Waals surface area contributed by atoms with Crippen molar-refractivity contribution in [2.24, 2.45) is 5.92 Å². The molecule has 160 valence electrons. The maximum absolute atomic E-state index is 7.20. The summed E-state index contributed by atoms with van der Waals surface area (Å²) in [6, 6.07) is 1.12. The van der Waals surface area contributed by atoms with E-state index >= 15 is 0 Å². The molecule has 0 aromatic carbocycles. The lowest BCUT2D eigenvalue weighted by Gasteiger charge is -2.66. The first kappa shape index (κ1) is 19.7. The van der Waals surface area contributed by atoms with Gasteiger partial charge in [-0.05, 0) is 60.8 Å². The molecule has 0 radical (unpaired) electrons. The van der Waals surface area contributed by atoms with Crippen molar-refractivity contribution < 1.29 is 9.47 Å². The highest BCUT2D eigenvalue weighted by Crippen LogP contribution is 2.50. The third-order valence-corrected chi connectivity index (χ3v) is 8.94. The van der Waals surface area contributed by atoms with Gasteiger partial charge in [-0.2, -0.15) is 0 Å². The van der Waals surface area contributed by atoms with E-state index < -0.39 is 0 Å². The molecule has 0 aliphatic carbocycles. The number of nitrogens with zero attached hydrogens (tertiary/aromatic N) is 4. The van der Waals surface area contributed by atoms with Gasteiger partial charge in [0, 0.05) is 50.7 Å². The molecule has 6 atom stereocenters. The molecular formula is C22H40N4O2. The van der Waals surface area contributed by atoms with E-state index in [1.54, 1.807) is 0 Å². The quantitative estimate of drug-likeness (QED) is 0.661. The van der Waals surface area contributed by atoms with Crippen LogP contribution in [0.2, 0.25) is 0 Å². The molecule has 28 heavy (non-hydrogen) atoms. The van der Waals surface area contributed by atoms with E-state index in [9.17, 15) is 0 Å². The molecule has 6 nitrogen and oxygen atoms in total. The fourth-order valence-electron chi connectivity index (χ4n) is 7.12. The van der Waals surface area contributed by atoms with Crippen LogP contribution in [0.1, 0.15) is 33.1 Å². The Bertz CT molecular complexity index is 603. The molecule has 5 aliphatic rings. The molecule has 6 unspecified atom stereocenters. The molecule has 2 spiro atoms. The summed E-state index contributed by atoms with van der Waals surface area (Å²) in [5.74, 6) is 0.564. The van der Waals surface area contributed by atoms with Gasteiger partial charge in [-0.3, -0.25) is 9.80 Å². The lowest BCUT2D eigenvalue weighted by molar-refractivity contribution is -0.291. The fraction of sp³-hybridized carbons (Fsp3) is 1.00. The van der Waals surface area contributed by atoms with E-state index in [2.05, 4.69) is 54.6 Å². The first-order valence-corrected chi connectivity index (χ1v) is 11.5. The number of fused-ring (bicyclic) bond motifs is 4. The van der Waals surface area contributed by atoms with Gasteiger partial charge in [0.2, 0.25) is 0 Å². The SMILES string of the molecule is CC(C)N1CC2OC3(CCN(C)CC3C3CC4(CCN3C)C2OCCN4C)C1. The zero-order valence-electron chi connectivity index (χ0n) is 18.6. The summed E-state index contributed by atoms with van der Waals surface area (Å²) < 4.78 is 13.8. The van der Waals surface area contributed by atoms with Crippen LogP contribution in [-0.2, 0) is 9.47 Å². The van der Waals surface area contributed by atoms with Crippen LogP contribution < -0.4 is 0 Å². The molecule has 5 heterocycles. The standard InChI is InChI=1S/C22H40N4O2/c1-16(2)26-14-19-20-21(25(5)10-11-27-20)6-9-24(4)18(12-21)17-13-23(3)8-7-22(17,15-26)28-19/h16-20H,6-15H2,1-5H3. The Hall–Kier alpha value is -0.240. The number of morpholine rings is 2. The number of likely N-dealkylation sites (N-methyl/N-ethyl adjacent to an activating group) is 1. The van der Waals surface area contributed by atoms with Gasteiger partial charge in [0.1, 0.15) is 6.10 Å². The highest BCUT2D eigenvalue weighted by atomic mass is 16.6. The van der Waals surface area contributed by atoms with E-state index in [1.807, 2.05) is 0 Å². The topological polar surface area (TPSA) is 31.4 Å². The van der Waals surface area contributed by atoms with Crippen LogP contribution in [0.15, 0.2) is 0 Å². The summed E-state index contributed by atoms with van der Waals surface area (Å²) >= 11 is 0. The lowest BCUT2D eigenvalue weighted by atomic mass is 9.64. The molecule has 5 rings (SSSR count). The monoisotopic (exact) mass is 392 g/mol. The van der Waals surface area contributed by atoms with Gasteiger partial charge in [0.25, 0.3) is 0 Å². The van der Waals surface area contributed by atoms with Crippen LogP contribution in [0, 0.1) is 5.92 Å². The Balaban J connectivity index is 1.62. The first-order chi connectivity index (χ1) is 13.3. The molecule has 4 bridgehead atoms. The molecule has 5 aliphatic heterocycles. The number of rotatable bonds is 1. The summed E-state index contributed by atoms with van der Waals surface area (Å²) in [5.41, 5.74) is 0.101. The minimum atomic E-state index is -0.0263. The van der Waals surface area contributed by atoms with Crippen molar-refractivity contribution in [3.05, 3.63) is 0 Å².